The molecule has 3 aromatic carbocycles. The van der Waals surface area contributed by atoms with Crippen molar-refractivity contribution in [3.8, 4) is 22.5 Å². The van der Waals surface area contributed by atoms with Crippen LogP contribution in [0.1, 0.15) is 15.9 Å². The van der Waals surface area contributed by atoms with Gasteiger partial charge >= 0.3 is 5.63 Å². The van der Waals surface area contributed by atoms with Crippen LogP contribution in [0.25, 0.3) is 55.7 Å². The van der Waals surface area contributed by atoms with E-state index in [2.05, 4.69) is 0 Å². The summed E-state index contributed by atoms with van der Waals surface area (Å²) in [7, 11) is 0. The Morgan fingerprint density at radius 1 is 0.800 bits per heavy atom. The summed E-state index contributed by atoms with van der Waals surface area (Å²) in [6.07, 6.45) is 1.78. The molecular formula is C28H14N4O3. The van der Waals surface area contributed by atoms with Crippen LogP contribution in [0.3, 0.4) is 0 Å². The molecule has 1 aliphatic carbocycles. The number of carbonyl (C=O) groups is 1. The summed E-state index contributed by atoms with van der Waals surface area (Å²) < 4.78 is 9.24. The van der Waals surface area contributed by atoms with Crippen molar-refractivity contribution < 1.29 is 9.21 Å². The molecule has 0 atom stereocenters. The van der Waals surface area contributed by atoms with E-state index in [4.69, 9.17) is 14.5 Å². The first kappa shape index (κ1) is 18.4. The Balaban J connectivity index is 1.57. The van der Waals surface area contributed by atoms with E-state index < -0.39 is 5.63 Å². The molecule has 0 saturated heterocycles. The Labute approximate surface area is 196 Å². The minimum absolute atomic E-state index is 0.0717. The van der Waals surface area contributed by atoms with Crippen molar-refractivity contribution >= 4 is 38.9 Å². The summed E-state index contributed by atoms with van der Waals surface area (Å²) >= 11 is 0. The van der Waals surface area contributed by atoms with Crippen LogP contribution >= 0.6 is 0 Å². The highest BCUT2D eigenvalue weighted by atomic mass is 16.4. The highest BCUT2D eigenvalue weighted by Gasteiger charge is 2.34. The first-order valence-corrected chi connectivity index (χ1v) is 11.2. The molecule has 0 unspecified atom stereocenters. The van der Waals surface area contributed by atoms with Crippen molar-refractivity contribution in [1.82, 2.24) is 19.0 Å². The smallest absolute Gasteiger partial charge is 0.345 e. The molecule has 0 radical (unpaired) electrons. The van der Waals surface area contributed by atoms with Gasteiger partial charge in [0.2, 0.25) is 0 Å². The van der Waals surface area contributed by atoms with Crippen LogP contribution in [0.15, 0.2) is 94.3 Å². The van der Waals surface area contributed by atoms with Crippen LogP contribution in [0, 0.1) is 0 Å². The van der Waals surface area contributed by atoms with Crippen molar-refractivity contribution in [1.29, 1.82) is 0 Å². The maximum absolute atomic E-state index is 13.4. The maximum Gasteiger partial charge on any atom is 0.345 e. The van der Waals surface area contributed by atoms with Crippen LogP contribution in [-0.2, 0) is 0 Å². The normalized spacial score (nSPS) is 12.7. The number of ketones is 1. The largest absolute Gasteiger partial charge is 0.422 e. The summed E-state index contributed by atoms with van der Waals surface area (Å²) in [6, 6.07) is 24.4. The van der Waals surface area contributed by atoms with Gasteiger partial charge in [-0.25, -0.2) is 14.3 Å². The lowest BCUT2D eigenvalue weighted by Gasteiger charge is -2.09. The Morgan fingerprint density at radius 2 is 1.57 bits per heavy atom. The van der Waals surface area contributed by atoms with Gasteiger partial charge in [-0.2, -0.15) is 5.10 Å². The van der Waals surface area contributed by atoms with Crippen LogP contribution in [0.4, 0.5) is 0 Å². The number of nitrogens with zero attached hydrogens (tertiary/aromatic N) is 4. The molecule has 0 fully saturated rings. The van der Waals surface area contributed by atoms with E-state index in [9.17, 15) is 9.59 Å². The fourth-order valence-electron chi connectivity index (χ4n) is 5.20. The molecule has 0 saturated carbocycles. The Bertz CT molecular complexity index is 2110. The number of rotatable bonds is 1. The van der Waals surface area contributed by atoms with Gasteiger partial charge in [0.05, 0.1) is 34.1 Å². The molecule has 0 bridgehead atoms. The van der Waals surface area contributed by atoms with Gasteiger partial charge in [-0.3, -0.25) is 9.20 Å². The van der Waals surface area contributed by atoms with Crippen molar-refractivity contribution in [2.24, 2.45) is 0 Å². The average molecular weight is 454 g/mol. The molecule has 164 valence electrons. The van der Waals surface area contributed by atoms with Crippen molar-refractivity contribution in [2.75, 3.05) is 0 Å². The molecule has 0 N–H and O–H groups in total. The quantitative estimate of drug-likeness (QED) is 0.322. The van der Waals surface area contributed by atoms with E-state index in [1.54, 1.807) is 16.8 Å². The number of hydrogen-bond donors (Lipinski definition) is 0. The summed E-state index contributed by atoms with van der Waals surface area (Å²) in [4.78, 5) is 31.5. The second kappa shape index (κ2) is 6.30. The number of aromatic nitrogens is 4. The molecule has 35 heavy (non-hydrogen) atoms. The summed E-state index contributed by atoms with van der Waals surface area (Å²) in [5, 5.41) is 5.61. The number of hydrogen-bond acceptors (Lipinski definition) is 5. The van der Waals surface area contributed by atoms with E-state index in [0.717, 1.165) is 22.0 Å². The van der Waals surface area contributed by atoms with Gasteiger partial charge in [0.15, 0.2) is 11.4 Å². The van der Waals surface area contributed by atoms with Crippen LogP contribution in [-0.4, -0.2) is 24.8 Å². The van der Waals surface area contributed by atoms with E-state index in [0.29, 0.717) is 44.8 Å². The number of para-hydroxylation sites is 3. The van der Waals surface area contributed by atoms with Crippen molar-refractivity contribution in [3.63, 3.8) is 0 Å². The zero-order valence-electron chi connectivity index (χ0n) is 18.1. The molecule has 7 aromatic rings. The fraction of sp³-hybridized carbons (Fsp3) is 0. The lowest BCUT2D eigenvalue weighted by Crippen LogP contribution is -2.08. The first-order valence-electron chi connectivity index (χ1n) is 11.2. The maximum atomic E-state index is 13.4. The average Bonchev–Trinajstić information content (AvgIpc) is 3.53. The van der Waals surface area contributed by atoms with Crippen LogP contribution in [0.2, 0.25) is 0 Å². The van der Waals surface area contributed by atoms with Gasteiger partial charge in [0.25, 0.3) is 0 Å². The number of benzene rings is 3. The number of imidazole rings is 1. The molecule has 7 heteroatoms. The van der Waals surface area contributed by atoms with Gasteiger partial charge in [0, 0.05) is 16.5 Å². The second-order valence-corrected chi connectivity index (χ2v) is 8.65. The van der Waals surface area contributed by atoms with Crippen molar-refractivity contribution in [3.05, 3.63) is 107 Å². The minimum atomic E-state index is -0.455. The van der Waals surface area contributed by atoms with Gasteiger partial charge < -0.3 is 4.42 Å². The Morgan fingerprint density at radius 3 is 2.49 bits per heavy atom. The third-order valence-corrected chi connectivity index (χ3v) is 6.74. The second-order valence-electron chi connectivity index (χ2n) is 8.65. The molecule has 4 aromatic heterocycles. The lowest BCUT2D eigenvalue weighted by atomic mass is 10.1. The van der Waals surface area contributed by atoms with E-state index in [1.165, 1.54) is 0 Å². The van der Waals surface area contributed by atoms with E-state index in [-0.39, 0.29) is 5.78 Å². The van der Waals surface area contributed by atoms with Gasteiger partial charge in [-0.1, -0.05) is 54.6 Å². The zero-order chi connectivity index (χ0) is 23.3. The molecule has 8 rings (SSSR count). The molecule has 4 heterocycles. The van der Waals surface area contributed by atoms with Gasteiger partial charge in [0.1, 0.15) is 16.8 Å². The summed E-state index contributed by atoms with van der Waals surface area (Å²) in [6.45, 7) is 0. The van der Waals surface area contributed by atoms with Gasteiger partial charge in [-0.05, 0) is 24.3 Å². The van der Waals surface area contributed by atoms with E-state index >= 15 is 0 Å². The predicted molar refractivity (Wildman–Crippen MR) is 132 cm³/mol. The standard InChI is InChI=1S/C28H14N4O3/c33-26-17-9-3-2-8-16(17)24-23(26)25-27-29-19-10-4-5-11-20(19)32(27)21(14-31(25)30-24)18-13-15-7-1-6-12-22(15)35-28(18)34/h1-14H. The SMILES string of the molecule is O=C1c2ccccc2-c2nn3cc(-c4cc5ccccc5oc4=O)n4c5ccccc5nc4c3c21. The number of fused-ring (bicyclic) bond motifs is 10. The highest BCUT2D eigenvalue weighted by Crippen LogP contribution is 2.40. The number of carbonyl (C=O) groups excluding carboxylic acids is 1. The molecule has 0 aliphatic heterocycles. The Kier molecular flexibility index (Phi) is 3.31. The highest BCUT2D eigenvalue weighted by molar-refractivity contribution is 6.26. The molecule has 0 spiro atoms. The third-order valence-electron chi connectivity index (χ3n) is 6.74. The van der Waals surface area contributed by atoms with Crippen molar-refractivity contribution in [2.45, 2.75) is 0 Å². The van der Waals surface area contributed by atoms with Crippen LogP contribution < -0.4 is 5.63 Å². The monoisotopic (exact) mass is 454 g/mol. The third kappa shape index (κ3) is 2.29. The zero-order valence-corrected chi connectivity index (χ0v) is 18.1. The summed E-state index contributed by atoms with van der Waals surface area (Å²) in [5.41, 5.74) is 6.40. The first-order chi connectivity index (χ1) is 17.2. The Hall–Kier alpha value is -5.04. The topological polar surface area (TPSA) is 81.9 Å². The van der Waals surface area contributed by atoms with Crippen LogP contribution in [0.5, 0.6) is 0 Å². The molecule has 7 nitrogen and oxygen atoms in total. The summed E-state index contributed by atoms with van der Waals surface area (Å²) in [5.74, 6) is -0.0717. The van der Waals surface area contributed by atoms with Gasteiger partial charge in [-0.15, -0.1) is 0 Å². The molecule has 1 aliphatic rings. The fourth-order valence-corrected chi connectivity index (χ4v) is 5.20. The predicted octanol–water partition coefficient (Wildman–Crippen LogP) is 5.12. The molecule has 0 amide bonds. The minimum Gasteiger partial charge on any atom is -0.422 e. The lowest BCUT2D eigenvalue weighted by molar-refractivity contribution is 0.104. The molecular weight excluding hydrogens is 440 g/mol. The van der Waals surface area contributed by atoms with E-state index in [1.807, 2.05) is 77.2 Å².